The van der Waals surface area contributed by atoms with E-state index in [0.29, 0.717) is 33.7 Å². The van der Waals surface area contributed by atoms with Crippen molar-refractivity contribution >= 4 is 34.0 Å². The van der Waals surface area contributed by atoms with Gasteiger partial charge in [-0.1, -0.05) is 18.1 Å². The summed E-state index contributed by atoms with van der Waals surface area (Å²) in [6.07, 6.45) is 5.16. The van der Waals surface area contributed by atoms with E-state index in [0.717, 1.165) is 0 Å². The van der Waals surface area contributed by atoms with Gasteiger partial charge in [-0.05, 0) is 34.6 Å². The van der Waals surface area contributed by atoms with Crippen LogP contribution in [0.25, 0.3) is 11.0 Å². The number of rotatable bonds is 4. The fourth-order valence-corrected chi connectivity index (χ4v) is 2.15. The number of carbonyl (C=O) groups is 1. The van der Waals surface area contributed by atoms with Crippen LogP contribution in [0, 0.1) is 12.3 Å². The molecule has 1 aromatic heterocycles. The van der Waals surface area contributed by atoms with E-state index in [4.69, 9.17) is 16.8 Å². The largest absolute Gasteiger partial charge is 0.397 e. The van der Waals surface area contributed by atoms with Crippen LogP contribution >= 0.6 is 0 Å². The second-order valence-electron chi connectivity index (χ2n) is 4.72. The predicted molar refractivity (Wildman–Crippen MR) is 87.1 cm³/mol. The number of anilines is 3. The molecule has 4 N–H and O–H groups in total. The van der Waals surface area contributed by atoms with Crippen LogP contribution in [0.2, 0.25) is 0 Å². The molecule has 3 aromatic rings. The van der Waals surface area contributed by atoms with Gasteiger partial charge in [0.2, 0.25) is 0 Å². The minimum absolute atomic E-state index is 0.159. The summed E-state index contributed by atoms with van der Waals surface area (Å²) in [5.41, 5.74) is 8.94. The van der Waals surface area contributed by atoms with E-state index in [2.05, 4.69) is 26.9 Å². The number of hydrogen-bond acceptors (Lipinski definition) is 6. The number of aromatic nitrogens is 2. The third kappa shape index (κ3) is 2.78. The van der Waals surface area contributed by atoms with Gasteiger partial charge < -0.3 is 16.4 Å². The molecule has 2 aromatic carbocycles. The quantitative estimate of drug-likeness (QED) is 0.502. The first-order valence-corrected chi connectivity index (χ1v) is 6.79. The van der Waals surface area contributed by atoms with Crippen LogP contribution < -0.4 is 16.4 Å². The van der Waals surface area contributed by atoms with Gasteiger partial charge in [0.15, 0.2) is 11.0 Å². The Balaban J connectivity index is 1.97. The highest BCUT2D eigenvalue weighted by atomic mass is 16.6. The normalized spacial score (nSPS) is 10.2. The Morgan fingerprint density at radius 1 is 1.17 bits per heavy atom. The van der Waals surface area contributed by atoms with Crippen molar-refractivity contribution in [1.82, 2.24) is 15.6 Å². The van der Waals surface area contributed by atoms with E-state index in [1.807, 2.05) is 6.07 Å². The number of benzene rings is 2. The van der Waals surface area contributed by atoms with E-state index in [-0.39, 0.29) is 12.5 Å². The number of nitrogen functional groups attached to an aromatic ring is 1. The van der Waals surface area contributed by atoms with Gasteiger partial charge >= 0.3 is 0 Å². The molecule has 0 aliphatic heterocycles. The highest BCUT2D eigenvalue weighted by molar-refractivity contribution is 6.02. The molecule has 23 heavy (non-hydrogen) atoms. The lowest BCUT2D eigenvalue weighted by Crippen LogP contribution is -2.24. The zero-order chi connectivity index (χ0) is 16.2. The molecular formula is C16H13N5O2. The van der Waals surface area contributed by atoms with Crippen LogP contribution in [-0.4, -0.2) is 22.8 Å². The van der Waals surface area contributed by atoms with Gasteiger partial charge in [-0.25, -0.2) is 4.63 Å². The monoisotopic (exact) mass is 307 g/mol. The molecule has 0 spiro atoms. The maximum absolute atomic E-state index is 12.2. The fourth-order valence-electron chi connectivity index (χ4n) is 2.15. The second kappa shape index (κ2) is 6.07. The van der Waals surface area contributed by atoms with Crippen LogP contribution in [0.3, 0.4) is 0 Å². The minimum Gasteiger partial charge on any atom is -0.397 e. The number of amides is 1. The van der Waals surface area contributed by atoms with Crippen LogP contribution in [0.1, 0.15) is 10.4 Å². The number of para-hydroxylation sites is 1. The van der Waals surface area contributed by atoms with E-state index in [1.54, 1.807) is 30.3 Å². The Kier molecular flexibility index (Phi) is 3.80. The Bertz CT molecular complexity index is 910. The molecule has 0 aliphatic carbocycles. The number of nitrogens with one attached hydrogen (secondary N) is 2. The Labute approximate surface area is 131 Å². The molecule has 0 aliphatic rings. The smallest absolute Gasteiger partial charge is 0.254 e. The van der Waals surface area contributed by atoms with Crippen LogP contribution in [0.5, 0.6) is 0 Å². The van der Waals surface area contributed by atoms with Gasteiger partial charge in [0.1, 0.15) is 0 Å². The molecule has 0 fully saturated rings. The van der Waals surface area contributed by atoms with Crippen molar-refractivity contribution in [3.8, 4) is 12.3 Å². The molecule has 0 saturated heterocycles. The van der Waals surface area contributed by atoms with Crippen molar-refractivity contribution in [2.75, 3.05) is 17.6 Å². The number of fused-ring (bicyclic) bond motifs is 1. The SMILES string of the molecule is C#CCNC(=O)c1ccccc1Nc1ccc(N)c2nonc12. The average molecular weight is 307 g/mol. The third-order valence-electron chi connectivity index (χ3n) is 3.24. The second-order valence-corrected chi connectivity index (χ2v) is 4.72. The van der Waals surface area contributed by atoms with Crippen LogP contribution in [0.4, 0.5) is 17.1 Å². The Morgan fingerprint density at radius 3 is 2.78 bits per heavy atom. The Hall–Kier alpha value is -3.53. The molecule has 114 valence electrons. The van der Waals surface area contributed by atoms with E-state index in [9.17, 15) is 4.79 Å². The Morgan fingerprint density at radius 2 is 1.96 bits per heavy atom. The van der Waals surface area contributed by atoms with Crippen molar-refractivity contribution < 1.29 is 9.42 Å². The van der Waals surface area contributed by atoms with Gasteiger partial charge in [0.25, 0.3) is 5.91 Å². The topological polar surface area (TPSA) is 106 Å². The minimum atomic E-state index is -0.268. The molecule has 7 heteroatoms. The number of nitrogens with zero attached hydrogens (tertiary/aromatic N) is 2. The maximum atomic E-state index is 12.2. The first-order valence-electron chi connectivity index (χ1n) is 6.79. The zero-order valence-electron chi connectivity index (χ0n) is 12.0. The third-order valence-corrected chi connectivity index (χ3v) is 3.24. The van der Waals surface area contributed by atoms with Gasteiger partial charge in [0, 0.05) is 0 Å². The summed E-state index contributed by atoms with van der Waals surface area (Å²) in [7, 11) is 0. The standard InChI is InChI=1S/C16H13N5O2/c1-2-9-18-16(22)10-5-3-4-6-12(10)19-13-8-7-11(17)14-15(13)21-23-20-14/h1,3-8,19H,9,17H2,(H,18,22). The first kappa shape index (κ1) is 14.4. The number of hydrogen-bond donors (Lipinski definition) is 3. The first-order chi connectivity index (χ1) is 11.2. The predicted octanol–water partition coefficient (Wildman–Crippen LogP) is 1.91. The van der Waals surface area contributed by atoms with Crippen LogP contribution in [-0.2, 0) is 0 Å². The van der Waals surface area contributed by atoms with Gasteiger partial charge in [-0.2, -0.15) is 0 Å². The summed E-state index contributed by atoms with van der Waals surface area (Å²) in [5, 5.41) is 13.4. The summed E-state index contributed by atoms with van der Waals surface area (Å²) in [4.78, 5) is 12.2. The van der Waals surface area contributed by atoms with Gasteiger partial charge in [-0.3, -0.25) is 4.79 Å². The van der Waals surface area contributed by atoms with Crippen molar-refractivity contribution in [3.05, 3.63) is 42.0 Å². The summed E-state index contributed by atoms with van der Waals surface area (Å²) < 4.78 is 4.73. The van der Waals surface area contributed by atoms with Crippen molar-refractivity contribution in [2.24, 2.45) is 0 Å². The molecule has 0 atom stereocenters. The maximum Gasteiger partial charge on any atom is 0.254 e. The van der Waals surface area contributed by atoms with Crippen molar-refractivity contribution in [2.45, 2.75) is 0 Å². The molecular weight excluding hydrogens is 294 g/mol. The molecule has 0 bridgehead atoms. The van der Waals surface area contributed by atoms with E-state index < -0.39 is 0 Å². The lowest BCUT2D eigenvalue weighted by atomic mass is 10.1. The molecule has 1 amide bonds. The highest BCUT2D eigenvalue weighted by Gasteiger charge is 2.14. The lowest BCUT2D eigenvalue weighted by Gasteiger charge is -2.12. The highest BCUT2D eigenvalue weighted by Crippen LogP contribution is 2.29. The van der Waals surface area contributed by atoms with Crippen molar-refractivity contribution in [3.63, 3.8) is 0 Å². The van der Waals surface area contributed by atoms with E-state index in [1.165, 1.54) is 0 Å². The molecule has 0 radical (unpaired) electrons. The fraction of sp³-hybridized carbons (Fsp3) is 0.0625. The molecule has 0 saturated carbocycles. The van der Waals surface area contributed by atoms with Gasteiger partial charge in [-0.15, -0.1) is 6.42 Å². The molecule has 0 unspecified atom stereocenters. The zero-order valence-corrected chi connectivity index (χ0v) is 12.0. The molecule has 3 rings (SSSR count). The van der Waals surface area contributed by atoms with E-state index >= 15 is 0 Å². The van der Waals surface area contributed by atoms with Crippen molar-refractivity contribution in [1.29, 1.82) is 0 Å². The number of terminal acetylenes is 1. The summed E-state index contributed by atoms with van der Waals surface area (Å²) >= 11 is 0. The van der Waals surface area contributed by atoms with Gasteiger partial charge in [0.05, 0.1) is 29.2 Å². The summed E-state index contributed by atoms with van der Waals surface area (Å²) in [5.74, 6) is 2.10. The summed E-state index contributed by atoms with van der Waals surface area (Å²) in [6.45, 7) is 0.159. The number of nitrogens with two attached hydrogens (primary N) is 1. The lowest BCUT2D eigenvalue weighted by molar-refractivity contribution is 0.0959. The summed E-state index contributed by atoms with van der Waals surface area (Å²) in [6, 6.07) is 10.5. The molecule has 7 nitrogen and oxygen atoms in total. The number of carbonyl (C=O) groups excluding carboxylic acids is 1. The average Bonchev–Trinajstić information content (AvgIpc) is 3.06. The van der Waals surface area contributed by atoms with Crippen LogP contribution in [0.15, 0.2) is 41.0 Å². The molecule has 1 heterocycles.